The first-order chi connectivity index (χ1) is 10.7. The van der Waals surface area contributed by atoms with Gasteiger partial charge in [0.2, 0.25) is 0 Å². The largest absolute Gasteiger partial charge is 0.497 e. The molecule has 1 heterocycles. The Labute approximate surface area is 130 Å². The fourth-order valence-electron chi connectivity index (χ4n) is 2.81. The van der Waals surface area contributed by atoms with Gasteiger partial charge in [-0.1, -0.05) is 24.3 Å². The van der Waals surface area contributed by atoms with E-state index in [1.54, 1.807) is 32.4 Å². The van der Waals surface area contributed by atoms with Crippen LogP contribution in [-0.2, 0) is 13.0 Å². The first-order valence-corrected chi connectivity index (χ1v) is 7.31. The zero-order valence-corrected chi connectivity index (χ0v) is 12.8. The predicted molar refractivity (Wildman–Crippen MR) is 84.4 cm³/mol. The number of fused-ring (bicyclic) bond motifs is 1. The van der Waals surface area contributed by atoms with Gasteiger partial charge in [-0.05, 0) is 29.7 Å². The van der Waals surface area contributed by atoms with E-state index in [4.69, 9.17) is 9.47 Å². The molecule has 1 aliphatic rings. The van der Waals surface area contributed by atoms with E-state index in [-0.39, 0.29) is 5.91 Å². The molecular formula is C18H19NO3. The quantitative estimate of drug-likeness (QED) is 0.874. The van der Waals surface area contributed by atoms with Crippen molar-refractivity contribution in [2.45, 2.75) is 13.0 Å². The number of nitrogens with zero attached hydrogens (tertiary/aromatic N) is 1. The lowest BCUT2D eigenvalue weighted by Crippen LogP contribution is -2.36. The molecule has 0 bridgehead atoms. The number of hydrogen-bond donors (Lipinski definition) is 0. The normalized spacial score (nSPS) is 13.5. The van der Waals surface area contributed by atoms with Gasteiger partial charge in [0.05, 0.1) is 19.8 Å². The minimum atomic E-state index is -0.00555. The maximum Gasteiger partial charge on any atom is 0.257 e. The summed E-state index contributed by atoms with van der Waals surface area (Å²) in [4.78, 5) is 14.7. The molecule has 0 aromatic heterocycles. The third-order valence-electron chi connectivity index (χ3n) is 4.06. The highest BCUT2D eigenvalue weighted by Crippen LogP contribution is 2.27. The molecule has 1 amide bonds. The van der Waals surface area contributed by atoms with Gasteiger partial charge in [0.1, 0.15) is 11.5 Å². The summed E-state index contributed by atoms with van der Waals surface area (Å²) in [7, 11) is 3.16. The van der Waals surface area contributed by atoms with Gasteiger partial charge in [0.15, 0.2) is 0 Å². The Hall–Kier alpha value is -2.49. The smallest absolute Gasteiger partial charge is 0.257 e. The summed E-state index contributed by atoms with van der Waals surface area (Å²) in [5.74, 6) is 1.22. The molecule has 0 aliphatic carbocycles. The third-order valence-corrected chi connectivity index (χ3v) is 4.06. The number of amides is 1. The number of carbonyl (C=O) groups is 1. The number of ether oxygens (including phenoxy) is 2. The topological polar surface area (TPSA) is 38.8 Å². The van der Waals surface area contributed by atoms with Crippen molar-refractivity contribution in [3.05, 3.63) is 59.2 Å². The highest BCUT2D eigenvalue weighted by atomic mass is 16.5. The highest BCUT2D eigenvalue weighted by molar-refractivity contribution is 5.97. The number of methoxy groups -OCH3 is 2. The third kappa shape index (κ3) is 2.64. The minimum absolute atomic E-state index is 0.00555. The number of benzene rings is 2. The average molecular weight is 297 g/mol. The van der Waals surface area contributed by atoms with Crippen LogP contribution in [0.2, 0.25) is 0 Å². The molecule has 3 rings (SSSR count). The first kappa shape index (κ1) is 14.4. The molecule has 2 aromatic carbocycles. The van der Waals surface area contributed by atoms with Crippen LogP contribution in [-0.4, -0.2) is 31.6 Å². The fraction of sp³-hybridized carbons (Fsp3) is 0.278. The standard InChI is InChI=1S/C18H19NO3/c1-21-15-7-8-16(17(11-15)22-2)18(20)19-10-9-13-5-3-4-6-14(13)12-19/h3-8,11H,9-10,12H2,1-2H3. The lowest BCUT2D eigenvalue weighted by atomic mass is 9.99. The Morgan fingerprint density at radius 3 is 2.55 bits per heavy atom. The summed E-state index contributed by atoms with van der Waals surface area (Å²) in [6, 6.07) is 13.6. The lowest BCUT2D eigenvalue weighted by Gasteiger charge is -2.29. The molecule has 0 N–H and O–H groups in total. The monoisotopic (exact) mass is 297 g/mol. The van der Waals surface area contributed by atoms with Crippen LogP contribution in [0.4, 0.5) is 0 Å². The molecule has 114 valence electrons. The number of carbonyl (C=O) groups excluding carboxylic acids is 1. The van der Waals surface area contributed by atoms with Crippen LogP contribution in [0.5, 0.6) is 11.5 Å². The lowest BCUT2D eigenvalue weighted by molar-refractivity contribution is 0.0731. The van der Waals surface area contributed by atoms with Crippen molar-refractivity contribution < 1.29 is 14.3 Å². The summed E-state index contributed by atoms with van der Waals surface area (Å²) in [6.45, 7) is 1.37. The molecule has 4 nitrogen and oxygen atoms in total. The van der Waals surface area contributed by atoms with E-state index in [9.17, 15) is 4.79 Å². The Kier molecular flexibility index (Phi) is 4.00. The van der Waals surface area contributed by atoms with Gasteiger partial charge in [-0.3, -0.25) is 4.79 Å². The van der Waals surface area contributed by atoms with Crippen LogP contribution in [0.1, 0.15) is 21.5 Å². The van der Waals surface area contributed by atoms with Gasteiger partial charge in [-0.25, -0.2) is 0 Å². The van der Waals surface area contributed by atoms with Gasteiger partial charge < -0.3 is 14.4 Å². The van der Waals surface area contributed by atoms with E-state index in [1.807, 2.05) is 17.0 Å². The second kappa shape index (κ2) is 6.10. The minimum Gasteiger partial charge on any atom is -0.497 e. The molecular weight excluding hydrogens is 278 g/mol. The fourth-order valence-corrected chi connectivity index (χ4v) is 2.81. The maximum atomic E-state index is 12.8. The van der Waals surface area contributed by atoms with Crippen molar-refractivity contribution in [1.82, 2.24) is 4.90 Å². The Bertz CT molecular complexity index is 696. The van der Waals surface area contributed by atoms with Crippen molar-refractivity contribution in [2.75, 3.05) is 20.8 Å². The summed E-state index contributed by atoms with van der Waals surface area (Å²) < 4.78 is 10.5. The van der Waals surface area contributed by atoms with E-state index in [1.165, 1.54) is 11.1 Å². The zero-order valence-electron chi connectivity index (χ0n) is 12.8. The van der Waals surface area contributed by atoms with Gasteiger partial charge >= 0.3 is 0 Å². The molecule has 0 radical (unpaired) electrons. The molecule has 0 saturated carbocycles. The number of rotatable bonds is 3. The number of hydrogen-bond acceptors (Lipinski definition) is 3. The summed E-state index contributed by atoms with van der Waals surface area (Å²) in [5, 5.41) is 0. The molecule has 0 saturated heterocycles. The van der Waals surface area contributed by atoms with Crippen LogP contribution < -0.4 is 9.47 Å². The van der Waals surface area contributed by atoms with E-state index in [2.05, 4.69) is 12.1 Å². The van der Waals surface area contributed by atoms with Crippen LogP contribution in [0.3, 0.4) is 0 Å². The molecule has 22 heavy (non-hydrogen) atoms. The van der Waals surface area contributed by atoms with Crippen LogP contribution >= 0.6 is 0 Å². The van der Waals surface area contributed by atoms with Crippen molar-refractivity contribution in [2.24, 2.45) is 0 Å². The summed E-state index contributed by atoms with van der Waals surface area (Å²) in [6.07, 6.45) is 0.889. The van der Waals surface area contributed by atoms with E-state index in [0.29, 0.717) is 23.6 Å². The van der Waals surface area contributed by atoms with Crippen molar-refractivity contribution in [3.63, 3.8) is 0 Å². The molecule has 2 aromatic rings. The second-order valence-corrected chi connectivity index (χ2v) is 5.31. The molecule has 0 spiro atoms. The van der Waals surface area contributed by atoms with Crippen molar-refractivity contribution in [1.29, 1.82) is 0 Å². The van der Waals surface area contributed by atoms with Crippen LogP contribution in [0.25, 0.3) is 0 Å². The zero-order chi connectivity index (χ0) is 15.5. The highest BCUT2D eigenvalue weighted by Gasteiger charge is 2.24. The van der Waals surface area contributed by atoms with E-state index < -0.39 is 0 Å². The Morgan fingerprint density at radius 1 is 1.05 bits per heavy atom. The Balaban J connectivity index is 1.86. The summed E-state index contributed by atoms with van der Waals surface area (Å²) in [5.41, 5.74) is 3.12. The van der Waals surface area contributed by atoms with Crippen molar-refractivity contribution in [3.8, 4) is 11.5 Å². The molecule has 0 fully saturated rings. The predicted octanol–water partition coefficient (Wildman–Crippen LogP) is 2.90. The van der Waals surface area contributed by atoms with Gasteiger partial charge in [0, 0.05) is 19.2 Å². The van der Waals surface area contributed by atoms with Crippen LogP contribution in [0.15, 0.2) is 42.5 Å². The Morgan fingerprint density at radius 2 is 1.82 bits per heavy atom. The van der Waals surface area contributed by atoms with Gasteiger partial charge in [-0.15, -0.1) is 0 Å². The molecule has 4 heteroatoms. The average Bonchev–Trinajstić information content (AvgIpc) is 2.60. The SMILES string of the molecule is COc1ccc(C(=O)N2CCc3ccccc3C2)c(OC)c1. The molecule has 1 aliphatic heterocycles. The summed E-state index contributed by atoms with van der Waals surface area (Å²) >= 11 is 0. The maximum absolute atomic E-state index is 12.8. The second-order valence-electron chi connectivity index (χ2n) is 5.31. The van der Waals surface area contributed by atoms with E-state index in [0.717, 1.165) is 13.0 Å². The first-order valence-electron chi connectivity index (χ1n) is 7.31. The van der Waals surface area contributed by atoms with Gasteiger partial charge in [-0.2, -0.15) is 0 Å². The molecule has 0 atom stereocenters. The van der Waals surface area contributed by atoms with E-state index >= 15 is 0 Å². The van der Waals surface area contributed by atoms with Gasteiger partial charge in [0.25, 0.3) is 5.91 Å². The van der Waals surface area contributed by atoms with Crippen LogP contribution in [0, 0.1) is 0 Å². The van der Waals surface area contributed by atoms with Crippen molar-refractivity contribution >= 4 is 5.91 Å². The molecule has 0 unspecified atom stereocenters.